The molecule has 1 unspecified atom stereocenters. The molecule has 0 amide bonds. The first kappa shape index (κ1) is 16.0. The lowest BCUT2D eigenvalue weighted by atomic mass is 9.89. The molecule has 2 fully saturated rings. The minimum absolute atomic E-state index is 0.302. The van der Waals surface area contributed by atoms with Gasteiger partial charge in [-0.05, 0) is 71.5 Å². The minimum atomic E-state index is 0.302. The van der Waals surface area contributed by atoms with Crippen LogP contribution in [0.15, 0.2) is 30.3 Å². The number of nitrogens with zero attached hydrogens (tertiary/aromatic N) is 2. The highest BCUT2D eigenvalue weighted by Gasteiger charge is 2.38. The summed E-state index contributed by atoms with van der Waals surface area (Å²) in [5.74, 6) is 0.773. The summed E-state index contributed by atoms with van der Waals surface area (Å²) in [4.78, 5) is 5.46. The predicted octanol–water partition coefficient (Wildman–Crippen LogP) is 4.13. The van der Waals surface area contributed by atoms with Crippen molar-refractivity contribution in [3.63, 3.8) is 0 Å². The Morgan fingerprint density at radius 1 is 1.00 bits per heavy atom. The van der Waals surface area contributed by atoms with E-state index in [4.69, 9.17) is 0 Å². The van der Waals surface area contributed by atoms with Gasteiger partial charge in [-0.1, -0.05) is 30.3 Å². The third-order valence-corrected chi connectivity index (χ3v) is 5.73. The van der Waals surface area contributed by atoms with E-state index in [2.05, 4.69) is 67.8 Å². The van der Waals surface area contributed by atoms with E-state index in [-0.39, 0.29) is 0 Å². The molecule has 2 nitrogen and oxygen atoms in total. The fourth-order valence-corrected chi connectivity index (χ4v) is 4.53. The lowest BCUT2D eigenvalue weighted by Gasteiger charge is -2.38. The molecular formula is C20H32N2. The number of piperidine rings is 1. The molecule has 2 aliphatic rings. The molecule has 3 rings (SSSR count). The molecule has 1 aromatic rings. The molecule has 1 aromatic carbocycles. The van der Waals surface area contributed by atoms with Gasteiger partial charge < -0.3 is 0 Å². The van der Waals surface area contributed by atoms with Crippen molar-refractivity contribution in [3.8, 4) is 0 Å². The summed E-state index contributed by atoms with van der Waals surface area (Å²) >= 11 is 0. The highest BCUT2D eigenvalue weighted by atomic mass is 15.3. The van der Waals surface area contributed by atoms with Crippen LogP contribution < -0.4 is 0 Å². The second kappa shape index (κ2) is 6.33. The van der Waals surface area contributed by atoms with Crippen LogP contribution in [0.2, 0.25) is 0 Å². The van der Waals surface area contributed by atoms with Gasteiger partial charge in [-0.15, -0.1) is 0 Å². The van der Waals surface area contributed by atoms with Crippen molar-refractivity contribution in [2.75, 3.05) is 19.6 Å². The van der Waals surface area contributed by atoms with Crippen LogP contribution in [0, 0.1) is 0 Å². The van der Waals surface area contributed by atoms with E-state index in [0.29, 0.717) is 5.54 Å². The molecule has 0 saturated carbocycles. The fraction of sp³-hybridized carbons (Fsp3) is 0.700. The first-order valence-corrected chi connectivity index (χ1v) is 9.01. The van der Waals surface area contributed by atoms with E-state index < -0.39 is 0 Å². The fourth-order valence-electron chi connectivity index (χ4n) is 4.53. The van der Waals surface area contributed by atoms with E-state index in [0.717, 1.165) is 18.0 Å². The molecule has 2 aliphatic heterocycles. The van der Waals surface area contributed by atoms with Crippen molar-refractivity contribution in [3.05, 3.63) is 35.9 Å². The summed E-state index contributed by atoms with van der Waals surface area (Å²) in [6.45, 7) is 13.3. The third-order valence-electron chi connectivity index (χ3n) is 5.73. The average Bonchev–Trinajstić information content (AvgIpc) is 2.90. The van der Waals surface area contributed by atoms with Crippen LogP contribution in [0.25, 0.3) is 0 Å². The summed E-state index contributed by atoms with van der Waals surface area (Å²) < 4.78 is 0. The summed E-state index contributed by atoms with van der Waals surface area (Å²) in [5, 5.41) is 0. The Morgan fingerprint density at radius 2 is 1.64 bits per heavy atom. The largest absolute Gasteiger partial charge is 0.299 e. The molecule has 0 spiro atoms. The van der Waals surface area contributed by atoms with Gasteiger partial charge in [-0.25, -0.2) is 0 Å². The van der Waals surface area contributed by atoms with Crippen LogP contribution in [0.1, 0.15) is 58.4 Å². The highest BCUT2D eigenvalue weighted by Crippen LogP contribution is 2.33. The molecule has 22 heavy (non-hydrogen) atoms. The summed E-state index contributed by atoms with van der Waals surface area (Å²) in [7, 11) is 0. The lowest BCUT2D eigenvalue weighted by molar-refractivity contribution is 0.109. The topological polar surface area (TPSA) is 6.48 Å². The molecule has 2 heteroatoms. The normalized spacial score (nSPS) is 29.1. The van der Waals surface area contributed by atoms with Crippen molar-refractivity contribution in [2.45, 2.75) is 70.5 Å². The predicted molar refractivity (Wildman–Crippen MR) is 94.3 cm³/mol. The van der Waals surface area contributed by atoms with Gasteiger partial charge in [0, 0.05) is 24.2 Å². The van der Waals surface area contributed by atoms with Crippen molar-refractivity contribution < 1.29 is 0 Å². The Hall–Kier alpha value is -0.860. The van der Waals surface area contributed by atoms with E-state index in [1.54, 1.807) is 5.56 Å². The molecular weight excluding hydrogens is 268 g/mol. The molecule has 0 bridgehead atoms. The minimum Gasteiger partial charge on any atom is -0.299 e. The Labute approximate surface area is 136 Å². The zero-order valence-electron chi connectivity index (χ0n) is 14.8. The standard InChI is InChI=1S/C20H32N2/c1-16-14-19(15-22(16)20(2,3)4)21-12-10-18(11-13-21)17-8-6-5-7-9-17/h5-9,16,18-19H,10-15H2,1-4H3/t16-,19?/m1/s1. The summed E-state index contributed by atoms with van der Waals surface area (Å²) in [5.41, 5.74) is 1.84. The first-order chi connectivity index (χ1) is 10.4. The lowest BCUT2D eigenvalue weighted by Crippen LogP contribution is -2.46. The Balaban J connectivity index is 1.56. The number of rotatable bonds is 2. The van der Waals surface area contributed by atoms with Gasteiger partial charge in [0.15, 0.2) is 0 Å². The summed E-state index contributed by atoms with van der Waals surface area (Å²) in [6.07, 6.45) is 3.99. The van der Waals surface area contributed by atoms with Gasteiger partial charge in [0.1, 0.15) is 0 Å². The van der Waals surface area contributed by atoms with Crippen molar-refractivity contribution in [1.82, 2.24) is 9.80 Å². The van der Waals surface area contributed by atoms with Gasteiger partial charge in [-0.3, -0.25) is 9.80 Å². The molecule has 0 radical (unpaired) electrons. The maximum absolute atomic E-state index is 2.77. The number of benzene rings is 1. The van der Waals surface area contributed by atoms with E-state index in [1.165, 1.54) is 38.9 Å². The van der Waals surface area contributed by atoms with Gasteiger partial charge >= 0.3 is 0 Å². The smallest absolute Gasteiger partial charge is 0.0238 e. The Morgan fingerprint density at radius 3 is 2.18 bits per heavy atom. The molecule has 2 heterocycles. The van der Waals surface area contributed by atoms with Crippen LogP contribution in [0.4, 0.5) is 0 Å². The number of hydrogen-bond acceptors (Lipinski definition) is 2. The first-order valence-electron chi connectivity index (χ1n) is 9.01. The SMILES string of the molecule is C[C@@H]1CC(N2CCC(c3ccccc3)CC2)CN1C(C)(C)C. The van der Waals surface area contributed by atoms with E-state index >= 15 is 0 Å². The monoisotopic (exact) mass is 300 g/mol. The third kappa shape index (κ3) is 3.38. The van der Waals surface area contributed by atoms with Crippen LogP contribution in [0.3, 0.4) is 0 Å². The Kier molecular flexibility index (Phi) is 4.61. The zero-order valence-corrected chi connectivity index (χ0v) is 14.8. The molecule has 0 aromatic heterocycles. The maximum atomic E-state index is 2.77. The van der Waals surface area contributed by atoms with Gasteiger partial charge in [-0.2, -0.15) is 0 Å². The molecule has 122 valence electrons. The Bertz CT molecular complexity index is 468. The molecule has 0 N–H and O–H groups in total. The second-order valence-corrected chi connectivity index (χ2v) is 8.28. The molecule has 0 aliphatic carbocycles. The highest BCUT2D eigenvalue weighted by molar-refractivity contribution is 5.20. The van der Waals surface area contributed by atoms with E-state index in [1.807, 2.05) is 0 Å². The van der Waals surface area contributed by atoms with Gasteiger partial charge in [0.2, 0.25) is 0 Å². The van der Waals surface area contributed by atoms with Crippen molar-refractivity contribution in [2.24, 2.45) is 0 Å². The summed E-state index contributed by atoms with van der Waals surface area (Å²) in [6, 6.07) is 12.6. The van der Waals surface area contributed by atoms with Crippen LogP contribution in [-0.2, 0) is 0 Å². The van der Waals surface area contributed by atoms with Crippen LogP contribution in [0.5, 0.6) is 0 Å². The number of likely N-dealkylation sites (tertiary alicyclic amines) is 2. The maximum Gasteiger partial charge on any atom is 0.0238 e. The van der Waals surface area contributed by atoms with Crippen LogP contribution >= 0.6 is 0 Å². The second-order valence-electron chi connectivity index (χ2n) is 8.28. The quantitative estimate of drug-likeness (QED) is 0.810. The van der Waals surface area contributed by atoms with Crippen molar-refractivity contribution in [1.29, 1.82) is 0 Å². The zero-order chi connectivity index (χ0) is 15.7. The average molecular weight is 300 g/mol. The van der Waals surface area contributed by atoms with E-state index in [9.17, 15) is 0 Å². The molecule has 2 saturated heterocycles. The number of hydrogen-bond donors (Lipinski definition) is 0. The van der Waals surface area contributed by atoms with Crippen molar-refractivity contribution >= 4 is 0 Å². The van der Waals surface area contributed by atoms with Crippen LogP contribution in [-0.4, -0.2) is 47.1 Å². The molecule has 2 atom stereocenters. The van der Waals surface area contributed by atoms with Gasteiger partial charge in [0.05, 0.1) is 0 Å². The van der Waals surface area contributed by atoms with Gasteiger partial charge in [0.25, 0.3) is 0 Å².